The Morgan fingerprint density at radius 2 is 2.12 bits per heavy atom. The van der Waals surface area contributed by atoms with Crippen LogP contribution >= 0.6 is 23.8 Å². The number of carbonyl (C=O) groups excluding carboxylic acids is 1. The number of nitrogens with one attached hydrogen (secondary N) is 1. The number of furan rings is 1. The predicted molar refractivity (Wildman–Crippen MR) is 127 cm³/mol. The molecule has 2 atom stereocenters. The molecular formula is C24H24ClN3O3S. The molecule has 1 N–H and O–H groups in total. The molecule has 1 aliphatic heterocycles. The zero-order chi connectivity index (χ0) is 22.7. The third kappa shape index (κ3) is 4.64. The summed E-state index contributed by atoms with van der Waals surface area (Å²) in [5.41, 5.74) is 2.79. The number of aromatic nitrogens is 1. The first-order valence-electron chi connectivity index (χ1n) is 10.4. The highest BCUT2D eigenvalue weighted by atomic mass is 35.5. The Kier molecular flexibility index (Phi) is 6.77. The molecule has 1 saturated heterocycles. The number of thiocarbonyl (C=S) groups is 1. The van der Waals surface area contributed by atoms with Crippen molar-refractivity contribution in [3.63, 3.8) is 0 Å². The van der Waals surface area contributed by atoms with Gasteiger partial charge in [0.1, 0.15) is 17.6 Å². The average Bonchev–Trinajstić information content (AvgIpc) is 3.41. The number of rotatable bonds is 7. The molecule has 0 aliphatic carbocycles. The van der Waals surface area contributed by atoms with E-state index in [-0.39, 0.29) is 18.1 Å². The van der Waals surface area contributed by atoms with Crippen LogP contribution in [0.4, 0.5) is 0 Å². The number of halogens is 1. The van der Waals surface area contributed by atoms with Crippen LogP contribution in [-0.2, 0) is 9.53 Å². The monoisotopic (exact) mass is 469 g/mol. The van der Waals surface area contributed by atoms with Gasteiger partial charge in [-0.05, 0) is 61.5 Å². The highest BCUT2D eigenvalue weighted by molar-refractivity contribution is 7.80. The fourth-order valence-electron chi connectivity index (χ4n) is 3.86. The number of pyridine rings is 1. The maximum absolute atomic E-state index is 11.6. The minimum atomic E-state index is -0.238. The molecule has 0 radical (unpaired) electrons. The van der Waals surface area contributed by atoms with Gasteiger partial charge in [-0.2, -0.15) is 0 Å². The second-order valence-corrected chi connectivity index (χ2v) is 8.46. The van der Waals surface area contributed by atoms with Crippen LogP contribution in [0.15, 0.2) is 59.1 Å². The second-order valence-electron chi connectivity index (χ2n) is 7.67. The largest absolute Gasteiger partial charge is 0.469 e. The molecule has 4 rings (SSSR count). The molecule has 0 spiro atoms. The summed E-state index contributed by atoms with van der Waals surface area (Å²) in [4.78, 5) is 18.2. The van der Waals surface area contributed by atoms with Gasteiger partial charge in [0.05, 0.1) is 18.8 Å². The van der Waals surface area contributed by atoms with E-state index in [0.717, 1.165) is 28.3 Å². The molecule has 0 bridgehead atoms. The standard InChI is InChI=1S/C24H24ClN3O3S/c1-15-8-9-16(14-17(15)25)19-10-11-20(31-19)23-22(18-6-3-4-12-26-18)27-24(32)28(23)13-5-7-21(29)30-2/h3-4,6,8-12,14,22-23H,5,7,13H2,1-2H3,(H,27,32)/t22-,23+/m0/s1. The molecule has 1 aromatic carbocycles. The lowest BCUT2D eigenvalue weighted by Gasteiger charge is -2.25. The molecule has 3 heterocycles. The van der Waals surface area contributed by atoms with Gasteiger partial charge in [0.2, 0.25) is 0 Å². The fourth-order valence-corrected chi connectivity index (χ4v) is 4.38. The van der Waals surface area contributed by atoms with Crippen molar-refractivity contribution in [3.05, 3.63) is 76.8 Å². The Morgan fingerprint density at radius 3 is 2.84 bits per heavy atom. The molecule has 1 aliphatic rings. The number of methoxy groups -OCH3 is 1. The summed E-state index contributed by atoms with van der Waals surface area (Å²) >= 11 is 12.0. The highest BCUT2D eigenvalue weighted by Crippen LogP contribution is 2.40. The van der Waals surface area contributed by atoms with Crippen molar-refractivity contribution < 1.29 is 13.9 Å². The summed E-state index contributed by atoms with van der Waals surface area (Å²) in [6.07, 6.45) is 2.70. The lowest BCUT2D eigenvalue weighted by molar-refractivity contribution is -0.140. The second kappa shape index (κ2) is 9.71. The first kappa shape index (κ1) is 22.3. The van der Waals surface area contributed by atoms with Crippen molar-refractivity contribution in [2.45, 2.75) is 31.8 Å². The molecule has 2 aromatic heterocycles. The van der Waals surface area contributed by atoms with E-state index in [4.69, 9.17) is 33.0 Å². The summed E-state index contributed by atoms with van der Waals surface area (Å²) in [6.45, 7) is 2.55. The molecule has 8 heteroatoms. The van der Waals surface area contributed by atoms with Gasteiger partial charge in [-0.15, -0.1) is 0 Å². The summed E-state index contributed by atoms with van der Waals surface area (Å²) in [7, 11) is 1.39. The lowest BCUT2D eigenvalue weighted by atomic mass is 10.0. The molecular weight excluding hydrogens is 446 g/mol. The third-order valence-corrected chi connectivity index (χ3v) is 6.34. The van der Waals surface area contributed by atoms with Crippen LogP contribution in [0.5, 0.6) is 0 Å². The molecule has 0 amide bonds. The van der Waals surface area contributed by atoms with Crippen LogP contribution in [0.3, 0.4) is 0 Å². The quantitative estimate of drug-likeness (QED) is 0.375. The molecule has 6 nitrogen and oxygen atoms in total. The molecule has 32 heavy (non-hydrogen) atoms. The van der Waals surface area contributed by atoms with Gasteiger partial charge in [0, 0.05) is 29.7 Å². The van der Waals surface area contributed by atoms with E-state index in [1.54, 1.807) is 6.20 Å². The summed E-state index contributed by atoms with van der Waals surface area (Å²) in [6, 6.07) is 15.2. The van der Waals surface area contributed by atoms with Gasteiger partial charge < -0.3 is 19.4 Å². The molecule has 0 unspecified atom stereocenters. The Hall–Kier alpha value is -2.90. The van der Waals surface area contributed by atoms with Crippen LogP contribution in [0.1, 0.15) is 41.9 Å². The van der Waals surface area contributed by atoms with Crippen molar-refractivity contribution in [2.24, 2.45) is 0 Å². The topological polar surface area (TPSA) is 67.6 Å². The van der Waals surface area contributed by atoms with E-state index in [1.807, 2.05) is 55.5 Å². The van der Waals surface area contributed by atoms with E-state index in [2.05, 4.69) is 15.2 Å². The zero-order valence-corrected chi connectivity index (χ0v) is 19.4. The number of hydrogen-bond acceptors (Lipinski definition) is 5. The zero-order valence-electron chi connectivity index (χ0n) is 17.9. The number of aryl methyl sites for hydroxylation is 1. The lowest BCUT2D eigenvalue weighted by Crippen LogP contribution is -2.30. The van der Waals surface area contributed by atoms with Gasteiger partial charge in [0.25, 0.3) is 0 Å². The summed E-state index contributed by atoms with van der Waals surface area (Å²) in [5, 5.41) is 4.68. The molecule has 3 aromatic rings. The fraction of sp³-hybridized carbons (Fsp3) is 0.292. The summed E-state index contributed by atoms with van der Waals surface area (Å²) in [5.74, 6) is 1.25. The normalized spacial score (nSPS) is 18.0. The number of nitrogens with zero attached hydrogens (tertiary/aromatic N) is 2. The Morgan fingerprint density at radius 1 is 1.28 bits per heavy atom. The predicted octanol–water partition coefficient (Wildman–Crippen LogP) is 5.23. The van der Waals surface area contributed by atoms with E-state index in [0.29, 0.717) is 29.5 Å². The van der Waals surface area contributed by atoms with Crippen LogP contribution < -0.4 is 5.32 Å². The minimum Gasteiger partial charge on any atom is -0.469 e. The van der Waals surface area contributed by atoms with Crippen molar-refractivity contribution in [1.82, 2.24) is 15.2 Å². The molecule has 166 valence electrons. The van der Waals surface area contributed by atoms with Crippen LogP contribution in [0.2, 0.25) is 5.02 Å². The van der Waals surface area contributed by atoms with Gasteiger partial charge in [0.15, 0.2) is 5.11 Å². The Bertz CT molecular complexity index is 1120. The average molecular weight is 470 g/mol. The first-order chi connectivity index (χ1) is 15.5. The summed E-state index contributed by atoms with van der Waals surface area (Å²) < 4.78 is 11.1. The van der Waals surface area contributed by atoms with Crippen LogP contribution in [-0.4, -0.2) is 34.6 Å². The van der Waals surface area contributed by atoms with Crippen LogP contribution in [0, 0.1) is 6.92 Å². The number of benzene rings is 1. The first-order valence-corrected chi connectivity index (χ1v) is 11.2. The number of ether oxygens (including phenoxy) is 1. The number of esters is 1. The van der Waals surface area contributed by atoms with E-state index in [9.17, 15) is 4.79 Å². The van der Waals surface area contributed by atoms with E-state index in [1.165, 1.54) is 7.11 Å². The smallest absolute Gasteiger partial charge is 0.305 e. The van der Waals surface area contributed by atoms with Crippen molar-refractivity contribution in [1.29, 1.82) is 0 Å². The maximum atomic E-state index is 11.6. The highest BCUT2D eigenvalue weighted by Gasteiger charge is 2.41. The van der Waals surface area contributed by atoms with Gasteiger partial charge in [-0.25, -0.2) is 0 Å². The minimum absolute atomic E-state index is 0.178. The van der Waals surface area contributed by atoms with Gasteiger partial charge >= 0.3 is 5.97 Å². The number of carbonyl (C=O) groups is 1. The molecule has 0 saturated carbocycles. The number of hydrogen-bond donors (Lipinski definition) is 1. The van der Waals surface area contributed by atoms with Crippen molar-refractivity contribution in [2.75, 3.05) is 13.7 Å². The third-order valence-electron chi connectivity index (χ3n) is 5.58. The van der Waals surface area contributed by atoms with E-state index >= 15 is 0 Å². The van der Waals surface area contributed by atoms with E-state index < -0.39 is 0 Å². The SMILES string of the molecule is COC(=O)CCCN1C(=S)N[C@@H](c2ccccn2)[C@H]1c1ccc(-c2ccc(C)c(Cl)c2)o1. The molecule has 1 fully saturated rings. The Labute approximate surface area is 197 Å². The maximum Gasteiger partial charge on any atom is 0.305 e. The van der Waals surface area contributed by atoms with Crippen molar-refractivity contribution in [3.8, 4) is 11.3 Å². The van der Waals surface area contributed by atoms with Crippen LogP contribution in [0.25, 0.3) is 11.3 Å². The van der Waals surface area contributed by atoms with Crippen molar-refractivity contribution >= 4 is 34.9 Å². The van der Waals surface area contributed by atoms with Gasteiger partial charge in [-0.3, -0.25) is 9.78 Å². The Balaban J connectivity index is 1.65. The van der Waals surface area contributed by atoms with Gasteiger partial charge in [-0.1, -0.05) is 29.8 Å².